The lowest BCUT2D eigenvalue weighted by Gasteiger charge is -2.11. The third-order valence-electron chi connectivity index (χ3n) is 2.90. The Bertz CT molecular complexity index is 635. The molecule has 0 aliphatic rings. The van der Waals surface area contributed by atoms with E-state index in [0.717, 1.165) is 9.88 Å². The Morgan fingerprint density at radius 3 is 2.86 bits per heavy atom. The number of aryl methyl sites for hydroxylation is 1. The summed E-state index contributed by atoms with van der Waals surface area (Å²) in [5.41, 5.74) is 0.700. The normalized spacial score (nSPS) is 12.1. The van der Waals surface area contributed by atoms with E-state index in [-0.39, 0.29) is 18.4 Å². The summed E-state index contributed by atoms with van der Waals surface area (Å²) in [6, 6.07) is 3.74. The SMILES string of the molecule is Cc1nc(-c2cccs2)sc1C(=O)NC(C)CCC(=O)O. The fourth-order valence-corrected chi connectivity index (χ4v) is 3.58. The Labute approximate surface area is 130 Å². The molecule has 0 saturated heterocycles. The Morgan fingerprint density at radius 2 is 2.24 bits per heavy atom. The summed E-state index contributed by atoms with van der Waals surface area (Å²) in [5.74, 6) is -1.05. The molecule has 112 valence electrons. The first kappa shape index (κ1) is 15.7. The summed E-state index contributed by atoms with van der Waals surface area (Å²) in [6.07, 6.45) is 0.459. The molecule has 0 spiro atoms. The lowest BCUT2D eigenvalue weighted by atomic mass is 10.2. The Morgan fingerprint density at radius 1 is 1.48 bits per heavy atom. The molecule has 1 amide bonds. The molecule has 1 unspecified atom stereocenters. The molecule has 2 N–H and O–H groups in total. The number of thiophene rings is 1. The predicted octanol–water partition coefficient (Wildman–Crippen LogP) is 3.16. The van der Waals surface area contributed by atoms with Crippen LogP contribution in [0.5, 0.6) is 0 Å². The number of hydrogen-bond acceptors (Lipinski definition) is 5. The quantitative estimate of drug-likeness (QED) is 0.855. The molecule has 0 bridgehead atoms. The van der Waals surface area contributed by atoms with Crippen molar-refractivity contribution >= 4 is 34.6 Å². The predicted molar refractivity (Wildman–Crippen MR) is 84.0 cm³/mol. The van der Waals surface area contributed by atoms with E-state index >= 15 is 0 Å². The monoisotopic (exact) mass is 324 g/mol. The van der Waals surface area contributed by atoms with Crippen molar-refractivity contribution < 1.29 is 14.7 Å². The van der Waals surface area contributed by atoms with Gasteiger partial charge >= 0.3 is 5.97 Å². The standard InChI is InChI=1S/C14H16N2O3S2/c1-8(5-6-11(17)18)15-13(19)12-9(2)16-14(21-12)10-4-3-7-20-10/h3-4,7-8H,5-6H2,1-2H3,(H,15,19)(H,17,18). The van der Waals surface area contributed by atoms with Crippen molar-refractivity contribution in [3.05, 3.63) is 28.1 Å². The van der Waals surface area contributed by atoms with Crippen molar-refractivity contribution in [2.45, 2.75) is 32.7 Å². The molecule has 1 atom stereocenters. The second kappa shape index (κ2) is 6.82. The Hall–Kier alpha value is -1.73. The fraction of sp³-hybridized carbons (Fsp3) is 0.357. The second-order valence-electron chi connectivity index (χ2n) is 4.72. The van der Waals surface area contributed by atoms with Gasteiger partial charge < -0.3 is 10.4 Å². The molecule has 21 heavy (non-hydrogen) atoms. The van der Waals surface area contributed by atoms with Gasteiger partial charge in [-0.25, -0.2) is 4.98 Å². The fourth-order valence-electron chi connectivity index (χ4n) is 1.81. The van der Waals surface area contributed by atoms with E-state index in [2.05, 4.69) is 10.3 Å². The van der Waals surface area contributed by atoms with Crippen LogP contribution < -0.4 is 5.32 Å². The first-order valence-electron chi connectivity index (χ1n) is 6.51. The maximum absolute atomic E-state index is 12.2. The number of aliphatic carboxylic acids is 1. The summed E-state index contributed by atoms with van der Waals surface area (Å²) < 4.78 is 0. The van der Waals surface area contributed by atoms with Crippen LogP contribution in [0.1, 0.15) is 35.1 Å². The molecule has 2 aromatic rings. The van der Waals surface area contributed by atoms with Gasteiger partial charge in [-0.3, -0.25) is 9.59 Å². The highest BCUT2D eigenvalue weighted by Crippen LogP contribution is 2.31. The third-order valence-corrected chi connectivity index (χ3v) is 5.10. The Kier molecular flexibility index (Phi) is 5.08. The minimum Gasteiger partial charge on any atom is -0.481 e. The van der Waals surface area contributed by atoms with E-state index in [1.165, 1.54) is 11.3 Å². The average molecular weight is 324 g/mol. The maximum Gasteiger partial charge on any atom is 0.303 e. The molecule has 0 saturated carbocycles. The minimum absolute atomic E-state index is 0.0452. The van der Waals surface area contributed by atoms with Gasteiger partial charge in [0.2, 0.25) is 0 Å². The molecule has 2 heterocycles. The van der Waals surface area contributed by atoms with Crippen molar-refractivity contribution in [2.24, 2.45) is 0 Å². The Balaban J connectivity index is 2.04. The number of thiazole rings is 1. The van der Waals surface area contributed by atoms with Crippen LogP contribution >= 0.6 is 22.7 Å². The summed E-state index contributed by atoms with van der Waals surface area (Å²) in [6.45, 7) is 3.61. The molecular formula is C14H16N2O3S2. The van der Waals surface area contributed by atoms with E-state index in [1.54, 1.807) is 18.3 Å². The van der Waals surface area contributed by atoms with Gasteiger partial charge in [0.05, 0.1) is 10.6 Å². The number of hydrogen-bond donors (Lipinski definition) is 2. The van der Waals surface area contributed by atoms with E-state index in [9.17, 15) is 9.59 Å². The van der Waals surface area contributed by atoms with Crippen molar-refractivity contribution in [2.75, 3.05) is 0 Å². The molecule has 0 radical (unpaired) electrons. The van der Waals surface area contributed by atoms with Gasteiger partial charge in [-0.2, -0.15) is 0 Å². The van der Waals surface area contributed by atoms with Crippen molar-refractivity contribution in [3.8, 4) is 9.88 Å². The zero-order chi connectivity index (χ0) is 15.4. The van der Waals surface area contributed by atoms with Gasteiger partial charge in [-0.1, -0.05) is 6.07 Å². The molecule has 5 nitrogen and oxygen atoms in total. The van der Waals surface area contributed by atoms with Crippen LogP contribution in [0.3, 0.4) is 0 Å². The second-order valence-corrected chi connectivity index (χ2v) is 6.66. The zero-order valence-electron chi connectivity index (χ0n) is 11.8. The molecule has 7 heteroatoms. The summed E-state index contributed by atoms with van der Waals surface area (Å²) >= 11 is 2.95. The molecule has 2 rings (SSSR count). The van der Waals surface area contributed by atoms with Gasteiger partial charge in [-0.15, -0.1) is 22.7 Å². The van der Waals surface area contributed by atoms with Gasteiger partial charge in [0, 0.05) is 12.5 Å². The van der Waals surface area contributed by atoms with Crippen LogP contribution in [0.4, 0.5) is 0 Å². The lowest BCUT2D eigenvalue weighted by Crippen LogP contribution is -2.32. The summed E-state index contributed by atoms with van der Waals surface area (Å²) in [7, 11) is 0. The molecular weight excluding hydrogens is 308 g/mol. The van der Waals surface area contributed by atoms with Crippen LogP contribution in [-0.4, -0.2) is 28.0 Å². The van der Waals surface area contributed by atoms with E-state index < -0.39 is 5.97 Å². The van der Waals surface area contributed by atoms with Gasteiger partial charge in [0.15, 0.2) is 0 Å². The third kappa shape index (κ3) is 4.12. The van der Waals surface area contributed by atoms with Crippen molar-refractivity contribution in [1.29, 1.82) is 0 Å². The number of carbonyl (C=O) groups is 2. The maximum atomic E-state index is 12.2. The summed E-state index contributed by atoms with van der Waals surface area (Å²) in [4.78, 5) is 28.8. The molecule has 0 aromatic carbocycles. The van der Waals surface area contributed by atoms with Crippen molar-refractivity contribution in [1.82, 2.24) is 10.3 Å². The first-order chi connectivity index (χ1) is 9.97. The van der Waals surface area contributed by atoms with Crippen LogP contribution in [-0.2, 0) is 4.79 Å². The molecule has 0 aliphatic heterocycles. The van der Waals surface area contributed by atoms with Gasteiger partial charge in [-0.05, 0) is 31.7 Å². The van der Waals surface area contributed by atoms with Gasteiger partial charge in [0.25, 0.3) is 5.91 Å². The van der Waals surface area contributed by atoms with Crippen LogP contribution in [0, 0.1) is 6.92 Å². The average Bonchev–Trinajstić information content (AvgIpc) is 3.05. The minimum atomic E-state index is -0.856. The highest BCUT2D eigenvalue weighted by atomic mass is 32.1. The zero-order valence-corrected chi connectivity index (χ0v) is 13.4. The first-order valence-corrected chi connectivity index (χ1v) is 8.21. The topological polar surface area (TPSA) is 79.3 Å². The highest BCUT2D eigenvalue weighted by molar-refractivity contribution is 7.22. The van der Waals surface area contributed by atoms with E-state index in [0.29, 0.717) is 17.0 Å². The lowest BCUT2D eigenvalue weighted by molar-refractivity contribution is -0.137. The van der Waals surface area contributed by atoms with Gasteiger partial charge in [0.1, 0.15) is 9.88 Å². The number of carboxylic acid groups (broad SMARTS) is 1. The number of amides is 1. The van der Waals surface area contributed by atoms with Crippen molar-refractivity contribution in [3.63, 3.8) is 0 Å². The molecule has 0 fully saturated rings. The number of nitrogens with zero attached hydrogens (tertiary/aromatic N) is 1. The van der Waals surface area contributed by atoms with Crippen LogP contribution in [0.15, 0.2) is 17.5 Å². The number of carbonyl (C=O) groups excluding carboxylic acids is 1. The molecule has 2 aromatic heterocycles. The van der Waals surface area contributed by atoms with Crippen LogP contribution in [0.25, 0.3) is 9.88 Å². The number of rotatable bonds is 6. The number of nitrogens with one attached hydrogen (secondary N) is 1. The smallest absolute Gasteiger partial charge is 0.303 e. The number of carboxylic acids is 1. The van der Waals surface area contributed by atoms with E-state index in [1.807, 2.05) is 24.4 Å². The number of aromatic nitrogens is 1. The van der Waals surface area contributed by atoms with E-state index in [4.69, 9.17) is 5.11 Å². The molecule has 0 aliphatic carbocycles. The largest absolute Gasteiger partial charge is 0.481 e. The van der Waals surface area contributed by atoms with Crippen LogP contribution in [0.2, 0.25) is 0 Å². The summed E-state index contributed by atoms with van der Waals surface area (Å²) in [5, 5.41) is 14.3. The highest BCUT2D eigenvalue weighted by Gasteiger charge is 2.18.